The Balaban J connectivity index is 1.45. The van der Waals surface area contributed by atoms with Gasteiger partial charge in [-0.3, -0.25) is 4.79 Å². The summed E-state index contributed by atoms with van der Waals surface area (Å²) < 4.78 is 0. The van der Waals surface area contributed by atoms with Gasteiger partial charge in [-0.15, -0.1) is 0 Å². The first-order chi connectivity index (χ1) is 9.65. The number of fused-ring (bicyclic) bond motifs is 2. The molecule has 0 aromatic carbocycles. The number of carbonyl (C=O) groups excluding carboxylic acids is 1. The molecule has 4 atom stereocenters. The van der Waals surface area contributed by atoms with E-state index in [1.165, 1.54) is 25.7 Å². The van der Waals surface area contributed by atoms with Crippen molar-refractivity contribution in [1.29, 1.82) is 0 Å². The quantitative estimate of drug-likeness (QED) is 0.739. The summed E-state index contributed by atoms with van der Waals surface area (Å²) in [5.74, 6) is 2.97. The van der Waals surface area contributed by atoms with Crippen LogP contribution in [0.4, 0.5) is 0 Å². The smallest absolute Gasteiger partial charge is 0.221 e. The van der Waals surface area contributed by atoms with E-state index in [1.54, 1.807) is 0 Å². The van der Waals surface area contributed by atoms with Crippen LogP contribution in [0.1, 0.15) is 44.9 Å². The zero-order chi connectivity index (χ0) is 14.1. The SMILES string of the molecule is CN(CC1CC2CCC1C2)C(CN)CC(=O)NC1CC1. The number of rotatable bonds is 7. The second-order valence-corrected chi connectivity index (χ2v) is 7.31. The molecule has 0 aliphatic heterocycles. The summed E-state index contributed by atoms with van der Waals surface area (Å²) in [4.78, 5) is 14.3. The molecule has 4 unspecified atom stereocenters. The molecule has 3 saturated carbocycles. The number of nitrogens with one attached hydrogen (secondary N) is 1. The Bertz CT molecular complexity index is 356. The Morgan fingerprint density at radius 1 is 1.30 bits per heavy atom. The van der Waals surface area contributed by atoms with Crippen molar-refractivity contribution in [3.8, 4) is 0 Å². The van der Waals surface area contributed by atoms with Gasteiger partial charge >= 0.3 is 0 Å². The zero-order valence-corrected chi connectivity index (χ0v) is 12.7. The average Bonchev–Trinajstić information content (AvgIpc) is 2.99. The number of hydrogen-bond acceptors (Lipinski definition) is 3. The van der Waals surface area contributed by atoms with Crippen LogP contribution in [0.15, 0.2) is 0 Å². The number of amides is 1. The maximum absolute atomic E-state index is 11.9. The Morgan fingerprint density at radius 3 is 2.65 bits per heavy atom. The third-order valence-corrected chi connectivity index (χ3v) is 5.67. The molecule has 1 amide bonds. The molecule has 0 spiro atoms. The Labute approximate surface area is 122 Å². The number of hydrogen-bond donors (Lipinski definition) is 2. The summed E-state index contributed by atoms with van der Waals surface area (Å²) >= 11 is 0. The molecule has 3 rings (SSSR count). The van der Waals surface area contributed by atoms with E-state index in [0.717, 1.165) is 37.1 Å². The van der Waals surface area contributed by atoms with Crippen molar-refractivity contribution in [3.63, 3.8) is 0 Å². The predicted molar refractivity (Wildman–Crippen MR) is 80.2 cm³/mol. The Hall–Kier alpha value is -0.610. The molecule has 3 aliphatic carbocycles. The summed E-state index contributed by atoms with van der Waals surface area (Å²) in [6.07, 6.45) is 8.60. The summed E-state index contributed by atoms with van der Waals surface area (Å²) in [6.45, 7) is 1.70. The molecule has 3 N–H and O–H groups in total. The topological polar surface area (TPSA) is 58.4 Å². The molecule has 0 aromatic heterocycles. The minimum absolute atomic E-state index is 0.183. The first-order valence-electron chi connectivity index (χ1n) is 8.35. The first-order valence-corrected chi connectivity index (χ1v) is 8.35. The lowest BCUT2D eigenvalue weighted by atomic mass is 9.88. The zero-order valence-electron chi connectivity index (χ0n) is 12.7. The molecule has 4 nitrogen and oxygen atoms in total. The van der Waals surface area contributed by atoms with Crippen LogP contribution >= 0.6 is 0 Å². The molecular weight excluding hydrogens is 250 g/mol. The molecule has 0 heterocycles. The van der Waals surface area contributed by atoms with E-state index in [-0.39, 0.29) is 11.9 Å². The highest BCUT2D eigenvalue weighted by Crippen LogP contribution is 2.48. The summed E-state index contributed by atoms with van der Waals surface area (Å²) in [7, 11) is 2.15. The van der Waals surface area contributed by atoms with Crippen LogP contribution in [-0.2, 0) is 4.79 Å². The molecule has 2 bridgehead atoms. The van der Waals surface area contributed by atoms with Crippen LogP contribution in [0.3, 0.4) is 0 Å². The predicted octanol–water partition coefficient (Wildman–Crippen LogP) is 1.35. The van der Waals surface area contributed by atoms with Gasteiger partial charge in [0.25, 0.3) is 0 Å². The van der Waals surface area contributed by atoms with Crippen molar-refractivity contribution < 1.29 is 4.79 Å². The summed E-state index contributed by atoms with van der Waals surface area (Å²) in [5, 5.41) is 3.07. The first kappa shape index (κ1) is 14.3. The van der Waals surface area contributed by atoms with Gasteiger partial charge in [-0.25, -0.2) is 0 Å². The highest BCUT2D eigenvalue weighted by Gasteiger charge is 2.40. The van der Waals surface area contributed by atoms with Gasteiger partial charge in [0, 0.05) is 31.6 Å². The van der Waals surface area contributed by atoms with Crippen molar-refractivity contribution in [3.05, 3.63) is 0 Å². The van der Waals surface area contributed by atoms with Crippen LogP contribution in [0.5, 0.6) is 0 Å². The monoisotopic (exact) mass is 279 g/mol. The molecule has 4 heteroatoms. The van der Waals surface area contributed by atoms with Gasteiger partial charge in [0.2, 0.25) is 5.91 Å². The van der Waals surface area contributed by atoms with E-state index in [0.29, 0.717) is 19.0 Å². The largest absolute Gasteiger partial charge is 0.353 e. The second kappa shape index (κ2) is 6.02. The number of likely N-dealkylation sites (N-methyl/N-ethyl adjacent to an activating group) is 1. The molecule has 114 valence electrons. The second-order valence-electron chi connectivity index (χ2n) is 7.31. The van der Waals surface area contributed by atoms with Gasteiger partial charge in [0.15, 0.2) is 0 Å². The lowest BCUT2D eigenvalue weighted by Gasteiger charge is -2.32. The van der Waals surface area contributed by atoms with Gasteiger partial charge in [-0.2, -0.15) is 0 Å². The van der Waals surface area contributed by atoms with Crippen molar-refractivity contribution in [1.82, 2.24) is 10.2 Å². The van der Waals surface area contributed by atoms with E-state index in [2.05, 4.69) is 17.3 Å². The summed E-state index contributed by atoms with van der Waals surface area (Å²) in [5.41, 5.74) is 5.90. The molecule has 20 heavy (non-hydrogen) atoms. The van der Waals surface area contributed by atoms with Gasteiger partial charge < -0.3 is 16.0 Å². The van der Waals surface area contributed by atoms with Crippen LogP contribution in [-0.4, -0.2) is 43.0 Å². The molecule has 0 saturated heterocycles. The van der Waals surface area contributed by atoms with E-state index in [4.69, 9.17) is 5.73 Å². The van der Waals surface area contributed by atoms with Gasteiger partial charge in [-0.1, -0.05) is 6.42 Å². The van der Waals surface area contributed by atoms with Crippen LogP contribution in [0.2, 0.25) is 0 Å². The molecule has 0 aromatic rings. The van der Waals surface area contributed by atoms with E-state index in [9.17, 15) is 4.79 Å². The van der Waals surface area contributed by atoms with Crippen molar-refractivity contribution in [2.45, 2.75) is 57.0 Å². The number of carbonyl (C=O) groups is 1. The van der Waals surface area contributed by atoms with Gasteiger partial charge in [-0.05, 0) is 56.9 Å². The number of nitrogens with two attached hydrogens (primary N) is 1. The van der Waals surface area contributed by atoms with Crippen LogP contribution < -0.4 is 11.1 Å². The normalized spacial score (nSPS) is 33.6. The van der Waals surface area contributed by atoms with Crippen LogP contribution in [0, 0.1) is 17.8 Å². The van der Waals surface area contributed by atoms with Crippen molar-refractivity contribution in [2.24, 2.45) is 23.5 Å². The van der Waals surface area contributed by atoms with Gasteiger partial charge in [0.05, 0.1) is 0 Å². The Morgan fingerprint density at radius 2 is 2.10 bits per heavy atom. The van der Waals surface area contributed by atoms with E-state index >= 15 is 0 Å². The minimum Gasteiger partial charge on any atom is -0.353 e. The molecule has 3 fully saturated rings. The van der Waals surface area contributed by atoms with Crippen molar-refractivity contribution in [2.75, 3.05) is 20.1 Å². The maximum atomic E-state index is 11.9. The Kier molecular flexibility index (Phi) is 4.32. The third kappa shape index (κ3) is 3.34. The third-order valence-electron chi connectivity index (χ3n) is 5.67. The standard InChI is InChI=1S/C16H29N3O/c1-19(10-13-7-11-2-3-12(13)6-11)15(9-17)8-16(20)18-14-4-5-14/h11-15H,2-10,17H2,1H3,(H,18,20). The van der Waals surface area contributed by atoms with Crippen molar-refractivity contribution >= 4 is 5.91 Å². The van der Waals surface area contributed by atoms with Gasteiger partial charge in [0.1, 0.15) is 0 Å². The fourth-order valence-corrected chi connectivity index (χ4v) is 4.27. The van der Waals surface area contributed by atoms with E-state index in [1.807, 2.05) is 0 Å². The van der Waals surface area contributed by atoms with Crippen LogP contribution in [0.25, 0.3) is 0 Å². The maximum Gasteiger partial charge on any atom is 0.221 e. The molecule has 0 radical (unpaired) electrons. The fourth-order valence-electron chi connectivity index (χ4n) is 4.27. The lowest BCUT2D eigenvalue weighted by Crippen LogP contribution is -2.44. The number of nitrogens with zero attached hydrogens (tertiary/aromatic N) is 1. The minimum atomic E-state index is 0.183. The highest BCUT2D eigenvalue weighted by molar-refractivity contribution is 5.77. The fraction of sp³-hybridized carbons (Fsp3) is 0.938. The molecule has 3 aliphatic rings. The highest BCUT2D eigenvalue weighted by atomic mass is 16.1. The summed E-state index contributed by atoms with van der Waals surface area (Å²) in [6, 6.07) is 0.657. The lowest BCUT2D eigenvalue weighted by molar-refractivity contribution is -0.122. The average molecular weight is 279 g/mol. The molecular formula is C16H29N3O. The van der Waals surface area contributed by atoms with E-state index < -0.39 is 0 Å².